The normalized spacial score (nSPS) is 14.7. The van der Waals surface area contributed by atoms with Crippen molar-refractivity contribution in [1.82, 2.24) is 20.5 Å². The zero-order valence-corrected chi connectivity index (χ0v) is 17.0. The van der Waals surface area contributed by atoms with E-state index < -0.39 is 0 Å². The van der Waals surface area contributed by atoms with Crippen molar-refractivity contribution in [2.45, 2.75) is 46.3 Å². The Morgan fingerprint density at radius 2 is 1.89 bits per heavy atom. The number of carbonyl (C=O) groups excluding carboxylic acids is 1. The lowest BCUT2D eigenvalue weighted by Crippen LogP contribution is -2.36. The number of nitrogens with one attached hydrogen (secondary N) is 2. The average Bonchev–Trinajstić information content (AvgIpc) is 3.21. The largest absolute Gasteiger partial charge is 0.352 e. The van der Waals surface area contributed by atoms with Crippen molar-refractivity contribution < 1.29 is 4.79 Å². The van der Waals surface area contributed by atoms with Crippen LogP contribution in [0.5, 0.6) is 0 Å². The van der Waals surface area contributed by atoms with E-state index in [0.29, 0.717) is 26.1 Å². The molecule has 1 amide bonds. The molecule has 1 aromatic heterocycles. The minimum atomic E-state index is 0.265. The number of thiazole rings is 1. The lowest BCUT2D eigenvalue weighted by atomic mass is 10.1. The number of guanidine groups is 1. The third-order valence-electron chi connectivity index (χ3n) is 4.73. The topological polar surface area (TPSA) is 69.6 Å². The van der Waals surface area contributed by atoms with Crippen molar-refractivity contribution in [2.24, 2.45) is 4.99 Å². The van der Waals surface area contributed by atoms with Crippen LogP contribution in [-0.4, -0.2) is 35.3 Å². The number of aliphatic imine (C=N–C) groups is 1. The van der Waals surface area contributed by atoms with Crippen LogP contribution in [-0.2, 0) is 24.4 Å². The number of aromatic nitrogens is 1. The van der Waals surface area contributed by atoms with Gasteiger partial charge in [0, 0.05) is 38.0 Å². The van der Waals surface area contributed by atoms with Crippen molar-refractivity contribution in [3.8, 4) is 0 Å². The first kappa shape index (κ1) is 19.4. The van der Waals surface area contributed by atoms with Gasteiger partial charge < -0.3 is 15.5 Å². The van der Waals surface area contributed by atoms with Gasteiger partial charge in [0.25, 0.3) is 0 Å². The maximum Gasteiger partial charge on any atom is 0.222 e. The Balaban J connectivity index is 1.47. The molecular weight excluding hydrogens is 358 g/mol. The molecule has 144 valence electrons. The predicted octanol–water partition coefficient (Wildman–Crippen LogP) is 2.75. The van der Waals surface area contributed by atoms with Gasteiger partial charge in [-0.3, -0.25) is 9.79 Å². The second-order valence-corrected chi connectivity index (χ2v) is 8.05. The van der Waals surface area contributed by atoms with Gasteiger partial charge in [-0.25, -0.2) is 4.98 Å². The molecule has 2 heterocycles. The van der Waals surface area contributed by atoms with E-state index in [-0.39, 0.29) is 5.91 Å². The highest BCUT2D eigenvalue weighted by molar-refractivity contribution is 7.11. The second kappa shape index (κ2) is 8.99. The van der Waals surface area contributed by atoms with Gasteiger partial charge in [-0.2, -0.15) is 0 Å². The first-order valence-electron chi connectivity index (χ1n) is 9.28. The third kappa shape index (κ3) is 5.29. The highest BCUT2D eigenvalue weighted by Gasteiger charge is 2.19. The van der Waals surface area contributed by atoms with Gasteiger partial charge in [0.2, 0.25) is 5.91 Å². The maximum atomic E-state index is 11.7. The Labute approximate surface area is 164 Å². The SMILES string of the molecule is CN=C(NCc1ccc(CN2CCCC2=O)cc1)NCc1nc(C)c(C)s1. The minimum Gasteiger partial charge on any atom is -0.352 e. The summed E-state index contributed by atoms with van der Waals surface area (Å²) >= 11 is 1.71. The van der Waals surface area contributed by atoms with Gasteiger partial charge in [0.15, 0.2) is 5.96 Å². The Morgan fingerprint density at radius 1 is 1.19 bits per heavy atom. The third-order valence-corrected chi connectivity index (χ3v) is 5.80. The molecule has 0 unspecified atom stereocenters. The summed E-state index contributed by atoms with van der Waals surface area (Å²) in [6, 6.07) is 8.40. The predicted molar refractivity (Wildman–Crippen MR) is 110 cm³/mol. The summed E-state index contributed by atoms with van der Waals surface area (Å²) in [5.74, 6) is 1.02. The molecule has 1 fully saturated rings. The van der Waals surface area contributed by atoms with Gasteiger partial charge in [0.05, 0.1) is 12.2 Å². The van der Waals surface area contributed by atoms with Crippen LogP contribution in [0.15, 0.2) is 29.3 Å². The maximum absolute atomic E-state index is 11.7. The molecule has 0 atom stereocenters. The van der Waals surface area contributed by atoms with Crippen LogP contribution < -0.4 is 10.6 Å². The standard InChI is InChI=1S/C20H27N5OS/c1-14-15(2)27-18(24-14)12-23-20(21-3)22-11-16-6-8-17(9-7-16)13-25-10-4-5-19(25)26/h6-9H,4-5,10-13H2,1-3H3,(H2,21,22,23). The fraction of sp³-hybridized carbons (Fsp3) is 0.450. The highest BCUT2D eigenvalue weighted by Crippen LogP contribution is 2.16. The molecule has 2 aromatic rings. The van der Waals surface area contributed by atoms with Crippen LogP contribution >= 0.6 is 11.3 Å². The lowest BCUT2D eigenvalue weighted by molar-refractivity contribution is -0.128. The zero-order chi connectivity index (χ0) is 19.2. The van der Waals surface area contributed by atoms with Crippen LogP contribution in [0.2, 0.25) is 0 Å². The zero-order valence-electron chi connectivity index (χ0n) is 16.2. The summed E-state index contributed by atoms with van der Waals surface area (Å²) in [5, 5.41) is 7.70. The monoisotopic (exact) mass is 385 g/mol. The van der Waals surface area contributed by atoms with Gasteiger partial charge in [-0.05, 0) is 31.4 Å². The Hall–Kier alpha value is -2.41. The van der Waals surface area contributed by atoms with E-state index >= 15 is 0 Å². The number of amides is 1. The first-order valence-corrected chi connectivity index (χ1v) is 10.1. The van der Waals surface area contributed by atoms with Crippen molar-refractivity contribution in [1.29, 1.82) is 0 Å². The summed E-state index contributed by atoms with van der Waals surface area (Å²) in [5.41, 5.74) is 3.44. The average molecular weight is 386 g/mol. The van der Waals surface area contributed by atoms with Crippen LogP contribution in [0.1, 0.15) is 39.5 Å². The number of hydrogen-bond acceptors (Lipinski definition) is 4. The molecule has 6 nitrogen and oxygen atoms in total. The van der Waals surface area contributed by atoms with Crippen molar-refractivity contribution >= 4 is 23.2 Å². The fourth-order valence-corrected chi connectivity index (χ4v) is 3.91. The van der Waals surface area contributed by atoms with E-state index in [1.165, 1.54) is 16.0 Å². The van der Waals surface area contributed by atoms with Crippen LogP contribution in [0.3, 0.4) is 0 Å². The van der Waals surface area contributed by atoms with Gasteiger partial charge in [0.1, 0.15) is 5.01 Å². The van der Waals surface area contributed by atoms with Crippen LogP contribution in [0.4, 0.5) is 0 Å². The van der Waals surface area contributed by atoms with Gasteiger partial charge in [-0.15, -0.1) is 11.3 Å². The lowest BCUT2D eigenvalue weighted by Gasteiger charge is -2.16. The summed E-state index contributed by atoms with van der Waals surface area (Å²) in [6.45, 7) is 7.07. The molecule has 0 radical (unpaired) electrons. The summed E-state index contributed by atoms with van der Waals surface area (Å²) in [4.78, 5) is 23.7. The number of likely N-dealkylation sites (tertiary alicyclic amines) is 1. The molecule has 1 saturated heterocycles. The molecule has 1 aliphatic rings. The molecule has 3 rings (SSSR count). The quantitative estimate of drug-likeness (QED) is 0.593. The van der Waals surface area contributed by atoms with Crippen molar-refractivity contribution in [3.63, 3.8) is 0 Å². The molecule has 2 N–H and O–H groups in total. The van der Waals surface area contributed by atoms with Gasteiger partial charge >= 0.3 is 0 Å². The molecule has 0 bridgehead atoms. The smallest absolute Gasteiger partial charge is 0.222 e. The molecule has 0 aliphatic carbocycles. The summed E-state index contributed by atoms with van der Waals surface area (Å²) in [7, 11) is 1.77. The van der Waals surface area contributed by atoms with E-state index in [2.05, 4.69) is 51.8 Å². The number of benzene rings is 1. The molecule has 27 heavy (non-hydrogen) atoms. The number of carbonyl (C=O) groups is 1. The van der Waals surface area contributed by atoms with Crippen molar-refractivity contribution in [3.05, 3.63) is 51.0 Å². The number of rotatable bonds is 6. The molecule has 7 heteroatoms. The highest BCUT2D eigenvalue weighted by atomic mass is 32.1. The summed E-state index contributed by atoms with van der Waals surface area (Å²) in [6.07, 6.45) is 1.67. The Morgan fingerprint density at radius 3 is 2.48 bits per heavy atom. The Bertz CT molecular complexity index is 793. The van der Waals surface area contributed by atoms with E-state index in [1.54, 1.807) is 18.4 Å². The van der Waals surface area contributed by atoms with E-state index in [1.807, 2.05) is 11.8 Å². The van der Waals surface area contributed by atoms with Crippen molar-refractivity contribution in [2.75, 3.05) is 13.6 Å². The molecule has 1 aromatic carbocycles. The molecular formula is C20H27N5OS. The van der Waals surface area contributed by atoms with E-state index in [0.717, 1.165) is 29.6 Å². The fourth-order valence-electron chi connectivity index (χ4n) is 3.03. The first-order chi connectivity index (χ1) is 13.0. The molecule has 0 spiro atoms. The van der Waals surface area contributed by atoms with Crippen LogP contribution in [0, 0.1) is 13.8 Å². The summed E-state index contributed by atoms with van der Waals surface area (Å²) < 4.78 is 0. The number of nitrogens with zero attached hydrogens (tertiary/aromatic N) is 3. The number of hydrogen-bond donors (Lipinski definition) is 2. The van der Waals surface area contributed by atoms with E-state index in [4.69, 9.17) is 0 Å². The Kier molecular flexibility index (Phi) is 6.45. The molecule has 1 aliphatic heterocycles. The van der Waals surface area contributed by atoms with E-state index in [9.17, 15) is 4.79 Å². The number of aryl methyl sites for hydroxylation is 2. The second-order valence-electron chi connectivity index (χ2n) is 6.76. The molecule has 0 saturated carbocycles. The van der Waals surface area contributed by atoms with Crippen LogP contribution in [0.25, 0.3) is 0 Å². The minimum absolute atomic E-state index is 0.265. The van der Waals surface area contributed by atoms with Gasteiger partial charge in [-0.1, -0.05) is 24.3 Å².